The molecule has 0 saturated carbocycles. The van der Waals surface area contributed by atoms with Crippen LogP contribution in [0.25, 0.3) is 0 Å². The van der Waals surface area contributed by atoms with Gasteiger partial charge in [0.25, 0.3) is 0 Å². The van der Waals surface area contributed by atoms with Crippen LogP contribution >= 0.6 is 0 Å². The van der Waals surface area contributed by atoms with Gasteiger partial charge in [0.05, 0.1) is 5.54 Å². The zero-order valence-corrected chi connectivity index (χ0v) is 12.9. The fourth-order valence-electron chi connectivity index (χ4n) is 3.09. The Kier molecular flexibility index (Phi) is 4.32. The molecule has 1 N–H and O–H groups in total. The summed E-state index contributed by atoms with van der Waals surface area (Å²) in [5.41, 5.74) is 1.77. The van der Waals surface area contributed by atoms with Gasteiger partial charge in [-0.25, -0.2) is 0 Å². The van der Waals surface area contributed by atoms with Gasteiger partial charge in [0.1, 0.15) is 0 Å². The van der Waals surface area contributed by atoms with Gasteiger partial charge in [0.2, 0.25) is 0 Å². The highest BCUT2D eigenvalue weighted by atomic mass is 15.3. The number of hydrogen-bond donors (Lipinski definition) is 1. The Hall–Kier alpha value is -0.860. The molecule has 0 amide bonds. The molecule has 1 aromatic rings. The summed E-state index contributed by atoms with van der Waals surface area (Å²) >= 11 is 0. The van der Waals surface area contributed by atoms with Crippen molar-refractivity contribution in [2.45, 2.75) is 51.6 Å². The summed E-state index contributed by atoms with van der Waals surface area (Å²) < 4.78 is 0. The average molecular weight is 260 g/mol. The van der Waals surface area contributed by atoms with Crippen LogP contribution in [-0.4, -0.2) is 30.1 Å². The van der Waals surface area contributed by atoms with Crippen LogP contribution in [0, 0.1) is 0 Å². The van der Waals surface area contributed by atoms with E-state index in [9.17, 15) is 0 Å². The Morgan fingerprint density at radius 1 is 1.16 bits per heavy atom. The predicted molar refractivity (Wildman–Crippen MR) is 82.4 cm³/mol. The molecule has 2 atom stereocenters. The Labute approximate surface area is 118 Å². The van der Waals surface area contributed by atoms with Crippen LogP contribution in [0.15, 0.2) is 30.3 Å². The van der Waals surface area contributed by atoms with E-state index in [4.69, 9.17) is 0 Å². The number of hydrogen-bond acceptors (Lipinski definition) is 2. The standard InChI is InChI=1S/C17H28N2/c1-5-12-19-14-17(4,15-10-8-7-9-11-15)18-13-16(19,3)6-2/h7-11,18H,5-6,12-14H2,1-4H3. The Morgan fingerprint density at radius 2 is 1.84 bits per heavy atom. The molecule has 106 valence electrons. The number of benzene rings is 1. The summed E-state index contributed by atoms with van der Waals surface area (Å²) in [5, 5.41) is 3.80. The molecule has 0 radical (unpaired) electrons. The van der Waals surface area contributed by atoms with Crippen LogP contribution in [0.5, 0.6) is 0 Å². The molecule has 2 rings (SSSR count). The summed E-state index contributed by atoms with van der Waals surface area (Å²) in [5.74, 6) is 0. The van der Waals surface area contributed by atoms with Gasteiger partial charge in [-0.1, -0.05) is 44.2 Å². The van der Waals surface area contributed by atoms with E-state index in [-0.39, 0.29) is 5.54 Å². The predicted octanol–water partition coefficient (Wildman–Crippen LogP) is 3.39. The van der Waals surface area contributed by atoms with Crippen molar-refractivity contribution in [1.82, 2.24) is 10.2 Å². The van der Waals surface area contributed by atoms with Gasteiger partial charge < -0.3 is 5.32 Å². The van der Waals surface area contributed by atoms with Crippen LogP contribution in [0.3, 0.4) is 0 Å². The van der Waals surface area contributed by atoms with Gasteiger partial charge >= 0.3 is 0 Å². The van der Waals surface area contributed by atoms with E-state index < -0.39 is 0 Å². The van der Waals surface area contributed by atoms with Crippen LogP contribution in [0.2, 0.25) is 0 Å². The zero-order valence-electron chi connectivity index (χ0n) is 12.9. The van der Waals surface area contributed by atoms with Crippen molar-refractivity contribution in [3.8, 4) is 0 Å². The number of rotatable bonds is 4. The van der Waals surface area contributed by atoms with Crippen molar-refractivity contribution in [2.75, 3.05) is 19.6 Å². The van der Waals surface area contributed by atoms with E-state index in [1.165, 1.54) is 24.9 Å². The van der Waals surface area contributed by atoms with Gasteiger partial charge in [-0.2, -0.15) is 0 Å². The lowest BCUT2D eigenvalue weighted by molar-refractivity contribution is 0.0170. The monoisotopic (exact) mass is 260 g/mol. The minimum atomic E-state index is 0.0745. The first-order valence-electron chi connectivity index (χ1n) is 7.60. The second-order valence-electron chi connectivity index (χ2n) is 6.32. The Bertz CT molecular complexity index is 403. The molecule has 1 heterocycles. The molecule has 1 fully saturated rings. The molecular formula is C17H28N2. The van der Waals surface area contributed by atoms with Crippen molar-refractivity contribution < 1.29 is 0 Å². The van der Waals surface area contributed by atoms with Crippen molar-refractivity contribution in [1.29, 1.82) is 0 Å². The molecule has 1 aromatic carbocycles. The number of nitrogens with zero attached hydrogens (tertiary/aromatic N) is 1. The first kappa shape index (κ1) is 14.5. The topological polar surface area (TPSA) is 15.3 Å². The smallest absolute Gasteiger partial charge is 0.0535 e. The van der Waals surface area contributed by atoms with Crippen molar-refractivity contribution in [3.63, 3.8) is 0 Å². The largest absolute Gasteiger partial charge is 0.305 e. The van der Waals surface area contributed by atoms with Crippen LogP contribution in [-0.2, 0) is 5.54 Å². The third-order valence-corrected chi connectivity index (χ3v) is 4.80. The molecule has 19 heavy (non-hydrogen) atoms. The highest BCUT2D eigenvalue weighted by Gasteiger charge is 2.41. The van der Waals surface area contributed by atoms with Crippen LogP contribution < -0.4 is 5.32 Å². The van der Waals surface area contributed by atoms with E-state index in [2.05, 4.69) is 68.2 Å². The SMILES string of the molecule is CCCN1CC(C)(c2ccccc2)NCC1(C)CC. The maximum absolute atomic E-state index is 3.80. The minimum absolute atomic E-state index is 0.0745. The van der Waals surface area contributed by atoms with Gasteiger partial charge in [-0.05, 0) is 38.8 Å². The Morgan fingerprint density at radius 3 is 2.42 bits per heavy atom. The number of nitrogens with one attached hydrogen (secondary N) is 1. The normalized spacial score (nSPS) is 32.4. The number of piperazine rings is 1. The molecule has 1 saturated heterocycles. The average Bonchev–Trinajstić information content (AvgIpc) is 2.45. The molecule has 2 unspecified atom stereocenters. The highest BCUT2D eigenvalue weighted by Crippen LogP contribution is 2.32. The second-order valence-corrected chi connectivity index (χ2v) is 6.32. The van der Waals surface area contributed by atoms with Crippen molar-refractivity contribution >= 4 is 0 Å². The molecule has 2 heteroatoms. The van der Waals surface area contributed by atoms with Gasteiger partial charge in [-0.3, -0.25) is 4.90 Å². The summed E-state index contributed by atoms with van der Waals surface area (Å²) in [6, 6.07) is 10.9. The van der Waals surface area contributed by atoms with Crippen molar-refractivity contribution in [2.24, 2.45) is 0 Å². The first-order valence-corrected chi connectivity index (χ1v) is 7.60. The highest BCUT2D eigenvalue weighted by molar-refractivity contribution is 5.25. The fraction of sp³-hybridized carbons (Fsp3) is 0.647. The molecule has 2 nitrogen and oxygen atoms in total. The Balaban J connectivity index is 2.23. The zero-order chi connectivity index (χ0) is 13.9. The summed E-state index contributed by atoms with van der Waals surface area (Å²) in [4.78, 5) is 2.68. The molecule has 1 aliphatic heterocycles. The van der Waals surface area contributed by atoms with E-state index in [0.29, 0.717) is 5.54 Å². The lowest BCUT2D eigenvalue weighted by Gasteiger charge is -2.52. The molecule has 0 aromatic heterocycles. The summed E-state index contributed by atoms with van der Waals surface area (Å²) in [6.45, 7) is 12.6. The van der Waals surface area contributed by atoms with Gasteiger partial charge in [0, 0.05) is 18.6 Å². The molecule has 1 aliphatic rings. The summed E-state index contributed by atoms with van der Waals surface area (Å²) in [6.07, 6.45) is 2.42. The lowest BCUT2D eigenvalue weighted by atomic mass is 9.83. The maximum atomic E-state index is 3.80. The molecular weight excluding hydrogens is 232 g/mol. The molecule has 0 aliphatic carbocycles. The fourth-order valence-corrected chi connectivity index (χ4v) is 3.09. The summed E-state index contributed by atoms with van der Waals surface area (Å²) in [7, 11) is 0. The third-order valence-electron chi connectivity index (χ3n) is 4.80. The lowest BCUT2D eigenvalue weighted by Crippen LogP contribution is -2.66. The molecule has 0 spiro atoms. The third kappa shape index (κ3) is 2.85. The van der Waals surface area contributed by atoms with Gasteiger partial charge in [-0.15, -0.1) is 0 Å². The van der Waals surface area contributed by atoms with E-state index in [0.717, 1.165) is 13.1 Å². The molecule has 0 bridgehead atoms. The van der Waals surface area contributed by atoms with E-state index >= 15 is 0 Å². The van der Waals surface area contributed by atoms with E-state index in [1.54, 1.807) is 0 Å². The van der Waals surface area contributed by atoms with Crippen LogP contribution in [0.1, 0.15) is 46.1 Å². The maximum Gasteiger partial charge on any atom is 0.0535 e. The van der Waals surface area contributed by atoms with Gasteiger partial charge in [0.15, 0.2) is 0 Å². The quantitative estimate of drug-likeness (QED) is 0.893. The van der Waals surface area contributed by atoms with Crippen molar-refractivity contribution in [3.05, 3.63) is 35.9 Å². The van der Waals surface area contributed by atoms with Crippen LogP contribution in [0.4, 0.5) is 0 Å². The van der Waals surface area contributed by atoms with E-state index in [1.807, 2.05) is 0 Å². The minimum Gasteiger partial charge on any atom is -0.305 e. The second kappa shape index (κ2) is 5.64. The first-order chi connectivity index (χ1) is 9.04.